The smallest absolute Gasteiger partial charge is 0.330 e. The van der Waals surface area contributed by atoms with Crippen molar-refractivity contribution >= 4 is 11.9 Å². The normalized spacial score (nSPS) is 11.1. The molecule has 0 unspecified atom stereocenters. The minimum absolute atomic E-state index is 0.216. The summed E-state index contributed by atoms with van der Waals surface area (Å²) in [6.07, 6.45) is -0.666. The summed E-state index contributed by atoms with van der Waals surface area (Å²) in [5.41, 5.74) is 0. The van der Waals surface area contributed by atoms with Crippen LogP contribution in [0.5, 0.6) is 0 Å². The van der Waals surface area contributed by atoms with Crippen molar-refractivity contribution in [1.82, 2.24) is 0 Å². The van der Waals surface area contributed by atoms with Crippen LogP contribution in [0.15, 0.2) is 11.9 Å². The number of carbonyl (C=O) groups is 2. The van der Waals surface area contributed by atoms with Crippen molar-refractivity contribution in [3.63, 3.8) is 0 Å². The number of hydrogen-bond donors (Lipinski definition) is 2. The van der Waals surface area contributed by atoms with Crippen molar-refractivity contribution in [2.75, 3.05) is 0 Å². The van der Waals surface area contributed by atoms with Crippen LogP contribution in [0.25, 0.3) is 0 Å². The van der Waals surface area contributed by atoms with Crippen LogP contribution >= 0.6 is 0 Å². The Labute approximate surface area is 55.6 Å². The number of rotatable bonds is 3. The van der Waals surface area contributed by atoms with Gasteiger partial charge in [-0.25, -0.2) is 9.18 Å². The van der Waals surface area contributed by atoms with E-state index in [-0.39, 0.29) is 6.08 Å². The molecule has 5 heteroatoms. The first-order valence-electron chi connectivity index (χ1n) is 2.33. The monoisotopic (exact) mass is 148 g/mol. The van der Waals surface area contributed by atoms with Crippen LogP contribution in [0.1, 0.15) is 6.42 Å². The third-order valence-electron chi connectivity index (χ3n) is 0.600. The van der Waals surface area contributed by atoms with Crippen LogP contribution in [0.2, 0.25) is 0 Å². The molecular formula is C5H5FO4. The molecule has 0 aromatic heterocycles. The molecule has 0 rings (SSSR count). The van der Waals surface area contributed by atoms with E-state index in [1.54, 1.807) is 0 Å². The number of carboxylic acids is 2. The lowest BCUT2D eigenvalue weighted by Crippen LogP contribution is -1.96. The summed E-state index contributed by atoms with van der Waals surface area (Å²) < 4.78 is 12.0. The Morgan fingerprint density at radius 3 is 2.20 bits per heavy atom. The Hall–Kier alpha value is -1.39. The van der Waals surface area contributed by atoms with Crippen LogP contribution in [0.3, 0.4) is 0 Å². The summed E-state index contributed by atoms with van der Waals surface area (Å²) in [5, 5.41) is 15.8. The van der Waals surface area contributed by atoms with Gasteiger partial charge in [0.2, 0.25) is 0 Å². The number of aliphatic carboxylic acids is 2. The second-order valence-electron chi connectivity index (χ2n) is 1.50. The van der Waals surface area contributed by atoms with Crippen molar-refractivity contribution in [2.45, 2.75) is 6.42 Å². The van der Waals surface area contributed by atoms with Gasteiger partial charge in [0.05, 0.1) is 12.5 Å². The van der Waals surface area contributed by atoms with Crippen molar-refractivity contribution in [2.24, 2.45) is 0 Å². The molecule has 0 aliphatic heterocycles. The van der Waals surface area contributed by atoms with Crippen LogP contribution in [-0.2, 0) is 9.59 Å². The van der Waals surface area contributed by atoms with Gasteiger partial charge in [-0.15, -0.1) is 0 Å². The van der Waals surface area contributed by atoms with Crippen LogP contribution in [-0.4, -0.2) is 22.2 Å². The lowest BCUT2D eigenvalue weighted by atomic mass is 10.3. The molecule has 0 bridgehead atoms. The molecule has 4 nitrogen and oxygen atoms in total. The maximum atomic E-state index is 12.0. The third-order valence-corrected chi connectivity index (χ3v) is 0.600. The van der Waals surface area contributed by atoms with Crippen LogP contribution < -0.4 is 0 Å². The number of halogens is 1. The molecule has 0 radical (unpaired) electrons. The number of carboxylic acid groups (broad SMARTS) is 2. The van der Waals surface area contributed by atoms with Gasteiger partial charge in [-0.3, -0.25) is 4.79 Å². The summed E-state index contributed by atoms with van der Waals surface area (Å²) in [7, 11) is 0. The predicted molar refractivity (Wildman–Crippen MR) is 29.1 cm³/mol. The van der Waals surface area contributed by atoms with E-state index < -0.39 is 24.2 Å². The van der Waals surface area contributed by atoms with E-state index in [4.69, 9.17) is 10.2 Å². The van der Waals surface area contributed by atoms with Gasteiger partial charge in [-0.1, -0.05) is 0 Å². The third kappa shape index (κ3) is 4.76. The Balaban J connectivity index is 3.95. The fourth-order valence-corrected chi connectivity index (χ4v) is 0.329. The number of hydrogen-bond acceptors (Lipinski definition) is 2. The quantitative estimate of drug-likeness (QED) is 0.568. The fraction of sp³-hybridized carbons (Fsp3) is 0.200. The molecule has 10 heavy (non-hydrogen) atoms. The maximum Gasteiger partial charge on any atom is 0.330 e. The van der Waals surface area contributed by atoms with Gasteiger partial charge < -0.3 is 10.2 Å². The highest BCUT2D eigenvalue weighted by Gasteiger charge is 2.03. The molecule has 0 atom stereocenters. The van der Waals surface area contributed by atoms with Gasteiger partial charge in [-0.2, -0.15) is 0 Å². The largest absolute Gasteiger partial charge is 0.481 e. The van der Waals surface area contributed by atoms with Crippen LogP contribution in [0.4, 0.5) is 4.39 Å². The zero-order valence-electron chi connectivity index (χ0n) is 4.87. The first-order chi connectivity index (χ1) is 4.52. The van der Waals surface area contributed by atoms with E-state index in [1.165, 1.54) is 0 Å². The summed E-state index contributed by atoms with van der Waals surface area (Å²) in [5.74, 6) is -4.05. The molecule has 0 heterocycles. The zero-order chi connectivity index (χ0) is 8.15. The molecule has 2 N–H and O–H groups in total. The van der Waals surface area contributed by atoms with Gasteiger partial charge in [0.25, 0.3) is 0 Å². The molecule has 0 aromatic rings. The van der Waals surface area contributed by atoms with E-state index in [0.29, 0.717) is 0 Å². The Bertz CT molecular complexity index is 184. The molecule has 0 saturated carbocycles. The molecule has 0 aromatic carbocycles. The van der Waals surface area contributed by atoms with E-state index >= 15 is 0 Å². The lowest BCUT2D eigenvalue weighted by Gasteiger charge is -1.87. The first-order valence-corrected chi connectivity index (χ1v) is 2.33. The van der Waals surface area contributed by atoms with Crippen molar-refractivity contribution in [3.8, 4) is 0 Å². The average molecular weight is 148 g/mol. The summed E-state index contributed by atoms with van der Waals surface area (Å²) in [4.78, 5) is 19.4. The van der Waals surface area contributed by atoms with E-state index in [2.05, 4.69) is 0 Å². The summed E-state index contributed by atoms with van der Waals surface area (Å²) in [6, 6.07) is 0. The van der Waals surface area contributed by atoms with Gasteiger partial charge >= 0.3 is 11.9 Å². The molecule has 0 fully saturated rings. The highest BCUT2D eigenvalue weighted by molar-refractivity contribution is 5.81. The van der Waals surface area contributed by atoms with Gasteiger partial charge in [-0.05, 0) is 0 Å². The molecule has 56 valence electrons. The molecule has 0 saturated heterocycles. The fourth-order valence-electron chi connectivity index (χ4n) is 0.329. The minimum Gasteiger partial charge on any atom is -0.481 e. The molecule has 0 aliphatic rings. The minimum atomic E-state index is -1.49. The van der Waals surface area contributed by atoms with Gasteiger partial charge in [0.15, 0.2) is 0 Å². The maximum absolute atomic E-state index is 12.0. The van der Waals surface area contributed by atoms with Crippen molar-refractivity contribution < 1.29 is 24.2 Å². The Morgan fingerprint density at radius 1 is 1.40 bits per heavy atom. The highest BCUT2D eigenvalue weighted by atomic mass is 19.1. The molecule has 0 aliphatic carbocycles. The summed E-state index contributed by atoms with van der Waals surface area (Å²) >= 11 is 0. The lowest BCUT2D eigenvalue weighted by molar-refractivity contribution is -0.136. The van der Waals surface area contributed by atoms with Crippen LogP contribution in [0, 0.1) is 0 Å². The van der Waals surface area contributed by atoms with E-state index in [9.17, 15) is 14.0 Å². The molecule has 0 amide bonds. The van der Waals surface area contributed by atoms with Crippen molar-refractivity contribution in [1.29, 1.82) is 0 Å². The molecule has 0 spiro atoms. The second-order valence-corrected chi connectivity index (χ2v) is 1.50. The van der Waals surface area contributed by atoms with Gasteiger partial charge in [0.1, 0.15) is 5.83 Å². The second kappa shape index (κ2) is 3.60. The zero-order valence-corrected chi connectivity index (χ0v) is 4.87. The standard InChI is InChI=1S/C5H5FO4/c6-3(1-4(7)8)2-5(9)10/h1H,2H2,(H,7,8)(H,9,10)/b3-1+. The van der Waals surface area contributed by atoms with E-state index in [0.717, 1.165) is 0 Å². The van der Waals surface area contributed by atoms with Crippen molar-refractivity contribution in [3.05, 3.63) is 11.9 Å². The first kappa shape index (κ1) is 8.61. The Kier molecular flexibility index (Phi) is 3.10. The Morgan fingerprint density at radius 2 is 1.90 bits per heavy atom. The van der Waals surface area contributed by atoms with E-state index in [1.807, 2.05) is 0 Å². The molecular weight excluding hydrogens is 143 g/mol. The SMILES string of the molecule is O=C(O)/C=C(/F)CC(=O)O. The average Bonchev–Trinajstić information content (AvgIpc) is 1.58. The summed E-state index contributed by atoms with van der Waals surface area (Å²) in [6.45, 7) is 0. The topological polar surface area (TPSA) is 74.6 Å². The van der Waals surface area contributed by atoms with Gasteiger partial charge in [0, 0.05) is 0 Å². The predicted octanol–water partition coefficient (Wildman–Crippen LogP) is 0.399. The highest BCUT2D eigenvalue weighted by Crippen LogP contribution is 2.01.